The van der Waals surface area contributed by atoms with Crippen molar-refractivity contribution in [3.8, 4) is 11.5 Å². The molecule has 23 heavy (non-hydrogen) atoms. The first-order valence-corrected chi connectivity index (χ1v) is 8.08. The first kappa shape index (κ1) is 15.6. The van der Waals surface area contributed by atoms with E-state index >= 15 is 0 Å². The van der Waals surface area contributed by atoms with Crippen molar-refractivity contribution in [1.29, 1.82) is 0 Å². The molecule has 1 saturated heterocycles. The molecule has 6 heteroatoms. The molecule has 5 nitrogen and oxygen atoms in total. The Hall–Kier alpha value is -2.24. The Balaban J connectivity index is 1.56. The molecule has 0 spiro atoms. The quantitative estimate of drug-likeness (QED) is 0.869. The first-order valence-electron chi connectivity index (χ1n) is 8.08. The summed E-state index contributed by atoms with van der Waals surface area (Å²) in [5.74, 6) is 0.625. The van der Waals surface area contributed by atoms with Crippen LogP contribution in [0, 0.1) is 5.82 Å². The van der Waals surface area contributed by atoms with E-state index < -0.39 is 0 Å². The Bertz CT molecular complexity index is 646. The molecule has 1 amide bonds. The van der Waals surface area contributed by atoms with Crippen LogP contribution in [-0.4, -0.2) is 34.1 Å². The summed E-state index contributed by atoms with van der Waals surface area (Å²) in [6.07, 6.45) is 5.39. The molecule has 0 atom stereocenters. The summed E-state index contributed by atoms with van der Waals surface area (Å²) in [5.41, 5.74) is 0.670. The predicted molar refractivity (Wildman–Crippen MR) is 83.1 cm³/mol. The standard InChI is InChI=1S/C17H20FN3O2/c18-14-7-5-13(6-8-14)17-20-19-15(23-17)9-10-16(22)21-11-3-1-2-4-12-21/h5-8H,1-4,9-12H2. The lowest BCUT2D eigenvalue weighted by atomic mass is 10.2. The summed E-state index contributed by atoms with van der Waals surface area (Å²) in [4.78, 5) is 14.2. The van der Waals surface area contributed by atoms with E-state index in [1.54, 1.807) is 12.1 Å². The summed E-state index contributed by atoms with van der Waals surface area (Å²) in [7, 11) is 0. The third-order valence-corrected chi connectivity index (χ3v) is 4.07. The van der Waals surface area contributed by atoms with Gasteiger partial charge in [-0.3, -0.25) is 4.79 Å². The van der Waals surface area contributed by atoms with E-state index in [0.717, 1.165) is 25.9 Å². The highest BCUT2D eigenvalue weighted by atomic mass is 19.1. The number of nitrogens with zero attached hydrogens (tertiary/aromatic N) is 3. The first-order chi connectivity index (χ1) is 11.2. The lowest BCUT2D eigenvalue weighted by Gasteiger charge is -2.19. The fourth-order valence-electron chi connectivity index (χ4n) is 2.76. The third kappa shape index (κ3) is 4.15. The minimum Gasteiger partial charge on any atom is -0.421 e. The second kappa shape index (κ2) is 7.35. The number of carbonyl (C=O) groups excluding carboxylic acids is 1. The zero-order valence-corrected chi connectivity index (χ0v) is 13.0. The van der Waals surface area contributed by atoms with Crippen molar-refractivity contribution < 1.29 is 13.6 Å². The molecule has 3 rings (SSSR count). The number of carbonyl (C=O) groups is 1. The summed E-state index contributed by atoms with van der Waals surface area (Å²) >= 11 is 0. The van der Waals surface area contributed by atoms with Gasteiger partial charge in [0.15, 0.2) is 0 Å². The van der Waals surface area contributed by atoms with Crippen LogP contribution >= 0.6 is 0 Å². The average Bonchev–Trinajstić information content (AvgIpc) is 2.86. The molecular formula is C17H20FN3O2. The van der Waals surface area contributed by atoms with Crippen LogP contribution in [0.25, 0.3) is 11.5 Å². The number of halogens is 1. The van der Waals surface area contributed by atoms with E-state index in [0.29, 0.717) is 30.2 Å². The number of aryl methyl sites for hydroxylation is 1. The molecule has 0 N–H and O–H groups in total. The number of amides is 1. The van der Waals surface area contributed by atoms with Gasteiger partial charge in [-0.15, -0.1) is 10.2 Å². The molecule has 122 valence electrons. The van der Waals surface area contributed by atoms with Crippen molar-refractivity contribution in [2.75, 3.05) is 13.1 Å². The maximum Gasteiger partial charge on any atom is 0.247 e. The van der Waals surface area contributed by atoms with Crippen LogP contribution in [0.2, 0.25) is 0 Å². The van der Waals surface area contributed by atoms with Crippen molar-refractivity contribution in [3.63, 3.8) is 0 Å². The monoisotopic (exact) mass is 317 g/mol. The minimum absolute atomic E-state index is 0.147. The number of hydrogen-bond donors (Lipinski definition) is 0. The summed E-state index contributed by atoms with van der Waals surface area (Å²) in [6.45, 7) is 1.70. The lowest BCUT2D eigenvalue weighted by molar-refractivity contribution is -0.131. The highest BCUT2D eigenvalue weighted by Gasteiger charge is 2.17. The van der Waals surface area contributed by atoms with E-state index in [9.17, 15) is 9.18 Å². The second-order valence-corrected chi connectivity index (χ2v) is 5.80. The summed E-state index contributed by atoms with van der Waals surface area (Å²) < 4.78 is 18.5. The van der Waals surface area contributed by atoms with Gasteiger partial charge < -0.3 is 9.32 Å². The maximum absolute atomic E-state index is 12.9. The molecule has 1 aliphatic heterocycles. The smallest absolute Gasteiger partial charge is 0.247 e. The molecule has 1 aromatic heterocycles. The molecule has 0 radical (unpaired) electrons. The Morgan fingerprint density at radius 2 is 1.78 bits per heavy atom. The fraction of sp³-hybridized carbons (Fsp3) is 0.471. The van der Waals surface area contributed by atoms with E-state index in [2.05, 4.69) is 10.2 Å². The van der Waals surface area contributed by atoms with E-state index in [-0.39, 0.29) is 11.7 Å². The van der Waals surface area contributed by atoms with E-state index in [1.807, 2.05) is 4.90 Å². The van der Waals surface area contributed by atoms with Crippen LogP contribution in [0.3, 0.4) is 0 Å². The number of likely N-dealkylation sites (tertiary alicyclic amines) is 1. The summed E-state index contributed by atoms with van der Waals surface area (Å²) in [5, 5.41) is 7.93. The molecule has 1 aromatic carbocycles. The highest BCUT2D eigenvalue weighted by Crippen LogP contribution is 2.19. The molecule has 2 heterocycles. The lowest BCUT2D eigenvalue weighted by Crippen LogP contribution is -2.31. The van der Waals surface area contributed by atoms with Gasteiger partial charge in [0.05, 0.1) is 0 Å². The van der Waals surface area contributed by atoms with Crippen LogP contribution < -0.4 is 0 Å². The summed E-state index contributed by atoms with van der Waals surface area (Å²) in [6, 6.07) is 5.88. The van der Waals surface area contributed by atoms with Crippen LogP contribution in [0.5, 0.6) is 0 Å². The molecule has 2 aromatic rings. The molecule has 0 bridgehead atoms. The van der Waals surface area contributed by atoms with Gasteiger partial charge in [-0.1, -0.05) is 12.8 Å². The van der Waals surface area contributed by atoms with Gasteiger partial charge in [0.1, 0.15) is 5.82 Å². The largest absolute Gasteiger partial charge is 0.421 e. The normalized spacial score (nSPS) is 15.4. The Morgan fingerprint density at radius 3 is 2.48 bits per heavy atom. The fourth-order valence-corrected chi connectivity index (χ4v) is 2.76. The van der Waals surface area contributed by atoms with Gasteiger partial charge in [-0.2, -0.15) is 0 Å². The van der Waals surface area contributed by atoms with Gasteiger partial charge in [-0.25, -0.2) is 4.39 Å². The Morgan fingerprint density at radius 1 is 1.09 bits per heavy atom. The van der Waals surface area contributed by atoms with Crippen molar-refractivity contribution in [2.45, 2.75) is 38.5 Å². The van der Waals surface area contributed by atoms with Crippen LogP contribution in [0.1, 0.15) is 38.0 Å². The zero-order chi connectivity index (χ0) is 16.1. The molecule has 1 fully saturated rings. The minimum atomic E-state index is -0.309. The van der Waals surface area contributed by atoms with Crippen molar-refractivity contribution >= 4 is 5.91 Å². The number of benzene rings is 1. The highest BCUT2D eigenvalue weighted by molar-refractivity contribution is 5.76. The molecular weight excluding hydrogens is 297 g/mol. The van der Waals surface area contributed by atoms with Crippen LogP contribution in [0.4, 0.5) is 4.39 Å². The number of rotatable bonds is 4. The average molecular weight is 317 g/mol. The van der Waals surface area contributed by atoms with Crippen LogP contribution in [-0.2, 0) is 11.2 Å². The number of hydrogen-bond acceptors (Lipinski definition) is 4. The Kier molecular flexibility index (Phi) is 5.00. The van der Waals surface area contributed by atoms with Gasteiger partial charge in [-0.05, 0) is 37.1 Å². The number of aromatic nitrogens is 2. The molecule has 0 unspecified atom stereocenters. The van der Waals surface area contributed by atoms with Crippen molar-refractivity contribution in [1.82, 2.24) is 15.1 Å². The molecule has 0 aliphatic carbocycles. The van der Waals surface area contributed by atoms with Crippen molar-refractivity contribution in [3.05, 3.63) is 36.0 Å². The SMILES string of the molecule is O=C(CCc1nnc(-c2ccc(F)cc2)o1)N1CCCCCC1. The zero-order valence-electron chi connectivity index (χ0n) is 13.0. The van der Waals surface area contributed by atoms with Crippen LogP contribution in [0.15, 0.2) is 28.7 Å². The molecule has 0 saturated carbocycles. The van der Waals surface area contributed by atoms with Gasteiger partial charge in [0.25, 0.3) is 0 Å². The van der Waals surface area contributed by atoms with E-state index in [1.165, 1.54) is 25.0 Å². The van der Waals surface area contributed by atoms with Gasteiger partial charge in [0.2, 0.25) is 17.7 Å². The molecule has 1 aliphatic rings. The predicted octanol–water partition coefficient (Wildman–Crippen LogP) is 3.21. The van der Waals surface area contributed by atoms with Crippen molar-refractivity contribution in [2.24, 2.45) is 0 Å². The van der Waals surface area contributed by atoms with Gasteiger partial charge in [0, 0.05) is 31.5 Å². The topological polar surface area (TPSA) is 59.2 Å². The van der Waals surface area contributed by atoms with E-state index in [4.69, 9.17) is 4.42 Å². The third-order valence-electron chi connectivity index (χ3n) is 4.07. The van der Waals surface area contributed by atoms with Gasteiger partial charge >= 0.3 is 0 Å². The Labute approximate surface area is 134 Å². The maximum atomic E-state index is 12.9. The second-order valence-electron chi connectivity index (χ2n) is 5.80.